The summed E-state index contributed by atoms with van der Waals surface area (Å²) in [5, 5.41) is 12.5. The molecule has 0 amide bonds. The van der Waals surface area contributed by atoms with E-state index in [1.165, 1.54) is 0 Å². The zero-order valence-corrected chi connectivity index (χ0v) is 23.4. The number of aryl methyl sites for hydroxylation is 1. The topological polar surface area (TPSA) is 117 Å². The highest BCUT2D eigenvalue weighted by molar-refractivity contribution is 5.80. The summed E-state index contributed by atoms with van der Waals surface area (Å²) in [5.41, 5.74) is 15.6. The van der Waals surface area contributed by atoms with Crippen LogP contribution in [0.5, 0.6) is 5.88 Å². The fraction of sp³-hybridized carbons (Fsp3) is 0.320. The molecule has 204 valence electrons. The Balaban J connectivity index is 0.00000200. The molecule has 5 N–H and O–H groups in total. The van der Waals surface area contributed by atoms with E-state index in [4.69, 9.17) is 16.2 Å². The normalized spacial score (nSPS) is 12.2. The molecule has 13 heteroatoms. The number of halogens is 2. The predicted octanol–water partition coefficient (Wildman–Crippen LogP) is -4.28. The Kier molecular flexibility index (Phi) is 8.65. The van der Waals surface area contributed by atoms with Crippen molar-refractivity contribution in [2.24, 2.45) is 7.05 Å². The molecule has 5 heterocycles. The number of nitrogens with zero attached hydrogens (tertiary/aromatic N) is 7. The maximum atomic E-state index is 6.53. The molecule has 5 aromatic rings. The van der Waals surface area contributed by atoms with E-state index >= 15 is 0 Å². The first-order chi connectivity index (χ1) is 17.2. The van der Waals surface area contributed by atoms with Crippen molar-refractivity contribution in [2.75, 3.05) is 51.0 Å². The second-order valence-electron chi connectivity index (χ2n) is 10.0. The third kappa shape index (κ3) is 5.74. The van der Waals surface area contributed by atoms with E-state index in [2.05, 4.69) is 52.0 Å². The number of anilines is 3. The lowest BCUT2D eigenvalue weighted by atomic mass is 10.2. The lowest BCUT2D eigenvalue weighted by molar-refractivity contribution is -0.875. The largest absolute Gasteiger partial charge is 1.00 e. The molecule has 0 aliphatic rings. The number of imidazole rings is 1. The van der Waals surface area contributed by atoms with Crippen LogP contribution in [-0.4, -0.2) is 62.5 Å². The van der Waals surface area contributed by atoms with Gasteiger partial charge in [-0.15, -0.1) is 10.2 Å². The number of likely N-dealkylation sites (N-methyl/N-ethyl adjacent to an activating group) is 1. The Morgan fingerprint density at radius 2 is 1.58 bits per heavy atom. The summed E-state index contributed by atoms with van der Waals surface area (Å²) in [6.07, 6.45) is 7.57. The molecule has 0 saturated heterocycles. The van der Waals surface area contributed by atoms with Gasteiger partial charge in [0, 0.05) is 12.4 Å². The molecule has 0 spiro atoms. The molecule has 0 bridgehead atoms. The minimum Gasteiger partial charge on any atom is -1.00 e. The number of nitrogens with one attached hydrogen (secondary N) is 1. The van der Waals surface area contributed by atoms with Gasteiger partial charge in [0.05, 0.1) is 45.8 Å². The first kappa shape index (κ1) is 28.9. The number of nitrogens with two attached hydrogens (primary N) is 2. The van der Waals surface area contributed by atoms with Crippen LogP contribution in [0.25, 0.3) is 11.0 Å². The Bertz CT molecular complexity index is 1520. The molecule has 0 fully saturated rings. The molecule has 0 aliphatic heterocycles. The van der Waals surface area contributed by atoms with Crippen molar-refractivity contribution in [3.8, 4) is 5.88 Å². The molecular formula is C25H34Cl2N10O. The maximum absolute atomic E-state index is 6.53. The van der Waals surface area contributed by atoms with Gasteiger partial charge in [0.15, 0.2) is 5.82 Å². The Labute approximate surface area is 234 Å². The number of rotatable bonds is 9. The molecule has 11 nitrogen and oxygen atoms in total. The van der Waals surface area contributed by atoms with Gasteiger partial charge in [-0.25, -0.2) is 18.2 Å². The molecule has 5 aromatic heterocycles. The summed E-state index contributed by atoms with van der Waals surface area (Å²) in [5.74, 6) is 2.13. The minimum absolute atomic E-state index is 0. The van der Waals surface area contributed by atoms with Gasteiger partial charge in [-0.05, 0) is 24.3 Å². The van der Waals surface area contributed by atoms with Crippen LogP contribution in [0, 0.1) is 0 Å². The predicted molar refractivity (Wildman–Crippen MR) is 140 cm³/mol. The summed E-state index contributed by atoms with van der Waals surface area (Å²) >= 11 is 0. The number of ether oxygens (including phenoxy) is 1. The van der Waals surface area contributed by atoms with E-state index in [9.17, 15) is 0 Å². The first-order valence-corrected chi connectivity index (χ1v) is 11.9. The zero-order valence-electron chi connectivity index (χ0n) is 21.9. The van der Waals surface area contributed by atoms with E-state index in [0.717, 1.165) is 23.4 Å². The summed E-state index contributed by atoms with van der Waals surface area (Å²) < 4.78 is 15.0. The second-order valence-corrected chi connectivity index (χ2v) is 10.0. The highest BCUT2D eigenvalue weighted by Crippen LogP contribution is 2.30. The van der Waals surface area contributed by atoms with Crippen molar-refractivity contribution >= 4 is 28.2 Å². The monoisotopic (exact) mass is 560 g/mol. The molecule has 0 aromatic carbocycles. The van der Waals surface area contributed by atoms with Crippen LogP contribution in [0.1, 0.15) is 11.9 Å². The van der Waals surface area contributed by atoms with Crippen molar-refractivity contribution in [3.63, 3.8) is 0 Å². The third-order valence-corrected chi connectivity index (χ3v) is 6.15. The minimum atomic E-state index is -0.280. The van der Waals surface area contributed by atoms with Crippen LogP contribution in [0.4, 0.5) is 17.2 Å². The Morgan fingerprint density at radius 3 is 2.18 bits per heavy atom. The molecule has 0 radical (unpaired) electrons. The number of hydrogen-bond acceptors (Lipinski definition) is 6. The standard InChI is InChI=1S/C25H34N10O.2ClH/c1-31-15-16-32(14-11-28-23-21(26)18-9-5-7-12-33(18)29-23)25(31)20(17-35(2,3)4)36-24-22(27)19-10-6-8-13-34(19)30-24;;/h5-10,12-13,15-16,20H,11,14,17,26-27H2,1-4H3,(H,28,29);2*1H/q+2;;/p-2. The van der Waals surface area contributed by atoms with Crippen molar-refractivity contribution in [1.82, 2.24) is 23.8 Å². The first-order valence-electron chi connectivity index (χ1n) is 11.9. The van der Waals surface area contributed by atoms with Gasteiger partial charge >= 0.3 is 5.82 Å². The number of nitrogen functional groups attached to an aromatic ring is 2. The average Bonchev–Trinajstić information content (AvgIpc) is 3.47. The smallest absolute Gasteiger partial charge is 0.304 e. The quantitative estimate of drug-likeness (QED) is 0.124. The molecule has 0 saturated carbocycles. The zero-order chi connectivity index (χ0) is 25.4. The number of pyridine rings is 2. The van der Waals surface area contributed by atoms with E-state index in [1.807, 2.05) is 62.0 Å². The van der Waals surface area contributed by atoms with Gasteiger partial charge in [-0.2, -0.15) is 0 Å². The summed E-state index contributed by atoms with van der Waals surface area (Å²) in [6, 6.07) is 11.6. The highest BCUT2D eigenvalue weighted by atomic mass is 35.5. The van der Waals surface area contributed by atoms with Gasteiger partial charge in [0.1, 0.15) is 36.9 Å². The summed E-state index contributed by atoms with van der Waals surface area (Å²) in [7, 11) is 8.46. The van der Waals surface area contributed by atoms with Crippen LogP contribution in [-0.2, 0) is 13.6 Å². The van der Waals surface area contributed by atoms with E-state index in [1.54, 1.807) is 9.03 Å². The summed E-state index contributed by atoms with van der Waals surface area (Å²) in [6.45, 7) is 2.06. The molecule has 1 unspecified atom stereocenters. The van der Waals surface area contributed by atoms with Crippen LogP contribution in [0.2, 0.25) is 0 Å². The van der Waals surface area contributed by atoms with Gasteiger partial charge in [-0.1, -0.05) is 12.1 Å². The van der Waals surface area contributed by atoms with Crippen molar-refractivity contribution < 1.29 is 38.6 Å². The van der Waals surface area contributed by atoms with E-state index in [-0.39, 0.29) is 30.9 Å². The average molecular weight is 562 g/mol. The summed E-state index contributed by atoms with van der Waals surface area (Å²) in [4.78, 5) is 0. The fourth-order valence-electron chi connectivity index (χ4n) is 4.47. The Morgan fingerprint density at radius 1 is 0.947 bits per heavy atom. The number of fused-ring (bicyclic) bond motifs is 2. The number of aromatic nitrogens is 6. The van der Waals surface area contributed by atoms with Gasteiger partial charge in [-0.3, -0.25) is 0 Å². The second kappa shape index (κ2) is 11.4. The molecule has 38 heavy (non-hydrogen) atoms. The van der Waals surface area contributed by atoms with Crippen molar-refractivity contribution in [3.05, 3.63) is 67.0 Å². The molecule has 1 atom stereocenters. The van der Waals surface area contributed by atoms with Gasteiger partial charge in [0.25, 0.3) is 5.88 Å². The SMILES string of the molecule is C[n+]1ccn(CCNc2nn3ccccc3c2N)c1C(C[N+](C)(C)C)Oc1nn2ccccc2c1N.[Cl-].[Cl-]. The number of quaternary nitrogens is 1. The molecule has 0 aliphatic carbocycles. The third-order valence-electron chi connectivity index (χ3n) is 6.15. The van der Waals surface area contributed by atoms with Crippen LogP contribution in [0.3, 0.4) is 0 Å². The lowest BCUT2D eigenvalue weighted by Gasteiger charge is -2.27. The maximum Gasteiger partial charge on any atom is 0.304 e. The van der Waals surface area contributed by atoms with E-state index < -0.39 is 0 Å². The van der Waals surface area contributed by atoms with Gasteiger partial charge in [0.2, 0.25) is 6.10 Å². The fourth-order valence-corrected chi connectivity index (χ4v) is 4.47. The molecular weight excluding hydrogens is 527 g/mol. The van der Waals surface area contributed by atoms with Crippen molar-refractivity contribution in [2.45, 2.75) is 12.6 Å². The highest BCUT2D eigenvalue weighted by Gasteiger charge is 2.34. The van der Waals surface area contributed by atoms with Crippen LogP contribution >= 0.6 is 0 Å². The lowest BCUT2D eigenvalue weighted by Crippen LogP contribution is -3.00. The number of hydrogen-bond donors (Lipinski definition) is 3. The van der Waals surface area contributed by atoms with Crippen LogP contribution in [0.15, 0.2) is 61.2 Å². The van der Waals surface area contributed by atoms with Crippen molar-refractivity contribution in [1.29, 1.82) is 0 Å². The van der Waals surface area contributed by atoms with Crippen LogP contribution < -0.4 is 50.9 Å². The van der Waals surface area contributed by atoms with Gasteiger partial charge < -0.3 is 50.8 Å². The van der Waals surface area contributed by atoms with E-state index in [0.29, 0.717) is 40.6 Å². The molecule has 5 rings (SSSR count). The Hall–Kier alpha value is -3.67.